The molecule has 0 atom stereocenters. The van der Waals surface area contributed by atoms with E-state index in [-0.39, 0.29) is 12.5 Å². The first-order valence-corrected chi connectivity index (χ1v) is 10.5. The highest BCUT2D eigenvalue weighted by Gasteiger charge is 2.16. The number of rotatable bonds is 7. The Morgan fingerprint density at radius 1 is 1.12 bits per heavy atom. The second kappa shape index (κ2) is 11.4. The number of nitrogens with zero attached hydrogens (tertiary/aromatic N) is 3. The van der Waals surface area contributed by atoms with Crippen LogP contribution in [0.4, 0.5) is 0 Å². The largest absolute Gasteiger partial charge is 0.356 e. The molecule has 1 aliphatic heterocycles. The van der Waals surface area contributed by atoms with E-state index >= 15 is 0 Å². The summed E-state index contributed by atoms with van der Waals surface area (Å²) < 4.78 is 0. The quantitative estimate of drug-likeness (QED) is 0.412. The third-order valence-corrected chi connectivity index (χ3v) is 5.64. The zero-order valence-electron chi connectivity index (χ0n) is 17.1. The smallest absolute Gasteiger partial charge is 0.243 e. The van der Waals surface area contributed by atoms with Gasteiger partial charge in [-0.05, 0) is 57.7 Å². The third kappa shape index (κ3) is 7.94. The summed E-state index contributed by atoms with van der Waals surface area (Å²) >= 11 is 0. The number of amides is 1. The van der Waals surface area contributed by atoms with Crippen LogP contribution in [-0.2, 0) is 4.79 Å². The number of hydrogen-bond donors (Lipinski definition) is 2. The number of nitrogens with one attached hydrogen (secondary N) is 2. The minimum Gasteiger partial charge on any atom is -0.356 e. The van der Waals surface area contributed by atoms with E-state index < -0.39 is 0 Å². The summed E-state index contributed by atoms with van der Waals surface area (Å²) in [5.74, 6) is 1.73. The van der Waals surface area contributed by atoms with Crippen molar-refractivity contribution >= 4 is 11.9 Å². The maximum Gasteiger partial charge on any atom is 0.243 e. The standard InChI is InChI=1S/C20H39N5O/c1-17-10-14-25(15-11-17)13-7-12-21-20(22-16-19(26)24(2)3)23-18-8-5-4-6-9-18/h17-18H,4-16H2,1-3H3,(H2,21,22,23). The molecule has 1 saturated carbocycles. The SMILES string of the molecule is CC1CCN(CCCNC(=NCC(=O)N(C)C)NC2CCCCC2)CC1. The fourth-order valence-corrected chi connectivity index (χ4v) is 3.68. The normalized spacial score (nSPS) is 20.8. The van der Waals surface area contributed by atoms with E-state index in [2.05, 4.69) is 27.4 Å². The van der Waals surface area contributed by atoms with Gasteiger partial charge in [0.2, 0.25) is 5.91 Å². The lowest BCUT2D eigenvalue weighted by Crippen LogP contribution is -2.45. The lowest BCUT2D eigenvalue weighted by molar-refractivity contribution is -0.127. The number of hydrogen-bond acceptors (Lipinski definition) is 3. The molecule has 2 rings (SSSR count). The van der Waals surface area contributed by atoms with Crippen LogP contribution in [0, 0.1) is 5.92 Å². The lowest BCUT2D eigenvalue weighted by Gasteiger charge is -2.30. The molecule has 1 aliphatic carbocycles. The molecule has 2 fully saturated rings. The summed E-state index contributed by atoms with van der Waals surface area (Å²) in [4.78, 5) is 20.6. The summed E-state index contributed by atoms with van der Waals surface area (Å²) in [6.07, 6.45) is 10.1. The van der Waals surface area contributed by atoms with Gasteiger partial charge in [-0.1, -0.05) is 26.2 Å². The van der Waals surface area contributed by atoms with E-state index in [1.807, 2.05) is 0 Å². The molecule has 2 aliphatic rings. The summed E-state index contributed by atoms with van der Waals surface area (Å²) in [5.41, 5.74) is 0. The van der Waals surface area contributed by atoms with Gasteiger partial charge in [-0.3, -0.25) is 4.79 Å². The van der Waals surface area contributed by atoms with E-state index in [0.717, 1.165) is 31.4 Å². The number of guanidine groups is 1. The number of likely N-dealkylation sites (tertiary alicyclic amines) is 1. The minimum atomic E-state index is 0.0391. The Hall–Kier alpha value is -1.30. The van der Waals surface area contributed by atoms with Crippen molar-refractivity contribution in [2.24, 2.45) is 10.9 Å². The highest BCUT2D eigenvalue weighted by Crippen LogP contribution is 2.17. The fourth-order valence-electron chi connectivity index (χ4n) is 3.68. The van der Waals surface area contributed by atoms with Crippen molar-refractivity contribution in [2.45, 2.75) is 64.3 Å². The van der Waals surface area contributed by atoms with Gasteiger partial charge in [-0.15, -0.1) is 0 Å². The summed E-state index contributed by atoms with van der Waals surface area (Å²) in [6.45, 7) is 7.08. The van der Waals surface area contributed by atoms with Crippen molar-refractivity contribution in [3.63, 3.8) is 0 Å². The predicted molar refractivity (Wildman–Crippen MR) is 108 cm³/mol. The van der Waals surface area contributed by atoms with Gasteiger partial charge in [0.1, 0.15) is 6.54 Å². The van der Waals surface area contributed by atoms with Gasteiger partial charge in [0, 0.05) is 26.7 Å². The maximum absolute atomic E-state index is 11.9. The monoisotopic (exact) mass is 365 g/mol. The molecule has 0 spiro atoms. The number of carbonyl (C=O) groups excluding carboxylic acids is 1. The molecule has 2 N–H and O–H groups in total. The van der Waals surface area contributed by atoms with Gasteiger partial charge in [0.05, 0.1) is 0 Å². The average Bonchev–Trinajstić information content (AvgIpc) is 2.64. The lowest BCUT2D eigenvalue weighted by atomic mass is 9.96. The van der Waals surface area contributed by atoms with Crippen LogP contribution in [0.5, 0.6) is 0 Å². The highest BCUT2D eigenvalue weighted by molar-refractivity contribution is 5.84. The molecular weight excluding hydrogens is 326 g/mol. The van der Waals surface area contributed by atoms with Crippen LogP contribution >= 0.6 is 0 Å². The van der Waals surface area contributed by atoms with Crippen LogP contribution in [0.25, 0.3) is 0 Å². The van der Waals surface area contributed by atoms with Crippen LogP contribution in [0.1, 0.15) is 58.3 Å². The molecule has 150 valence electrons. The number of likely N-dealkylation sites (N-methyl/N-ethyl adjacent to an activating group) is 1. The second-order valence-electron chi connectivity index (χ2n) is 8.24. The van der Waals surface area contributed by atoms with Crippen LogP contribution in [0.3, 0.4) is 0 Å². The molecule has 1 heterocycles. The first-order valence-electron chi connectivity index (χ1n) is 10.5. The van der Waals surface area contributed by atoms with Crippen molar-refractivity contribution in [1.82, 2.24) is 20.4 Å². The Balaban J connectivity index is 1.74. The van der Waals surface area contributed by atoms with Gasteiger partial charge < -0.3 is 20.4 Å². The van der Waals surface area contributed by atoms with Crippen LogP contribution in [-0.4, -0.2) is 74.5 Å². The average molecular weight is 366 g/mol. The zero-order valence-corrected chi connectivity index (χ0v) is 17.1. The minimum absolute atomic E-state index is 0.0391. The molecule has 0 aromatic carbocycles. The van der Waals surface area contributed by atoms with Gasteiger partial charge in [-0.25, -0.2) is 4.99 Å². The maximum atomic E-state index is 11.9. The van der Waals surface area contributed by atoms with E-state index in [1.165, 1.54) is 58.0 Å². The number of aliphatic imine (C=N–C) groups is 1. The van der Waals surface area contributed by atoms with Crippen LogP contribution in [0.15, 0.2) is 4.99 Å². The first kappa shape index (κ1) is 21.0. The molecule has 0 aromatic heterocycles. The number of carbonyl (C=O) groups is 1. The highest BCUT2D eigenvalue weighted by atomic mass is 16.2. The molecule has 0 bridgehead atoms. The Bertz CT molecular complexity index is 437. The van der Waals surface area contributed by atoms with Crippen molar-refractivity contribution in [3.8, 4) is 0 Å². The first-order chi connectivity index (χ1) is 12.5. The van der Waals surface area contributed by atoms with E-state index in [9.17, 15) is 4.79 Å². The molecule has 0 aromatic rings. The van der Waals surface area contributed by atoms with Gasteiger partial charge in [0.25, 0.3) is 0 Å². The van der Waals surface area contributed by atoms with Crippen LogP contribution < -0.4 is 10.6 Å². The van der Waals surface area contributed by atoms with E-state index in [4.69, 9.17) is 0 Å². The molecule has 6 nitrogen and oxygen atoms in total. The van der Waals surface area contributed by atoms with Crippen LogP contribution in [0.2, 0.25) is 0 Å². The van der Waals surface area contributed by atoms with Gasteiger partial charge in [0.15, 0.2) is 5.96 Å². The van der Waals surface area contributed by atoms with Crippen molar-refractivity contribution in [3.05, 3.63) is 0 Å². The van der Waals surface area contributed by atoms with Crippen molar-refractivity contribution in [2.75, 3.05) is 46.8 Å². The molecule has 0 unspecified atom stereocenters. The summed E-state index contributed by atoms with van der Waals surface area (Å²) in [6, 6.07) is 0.494. The molecular formula is C20H39N5O. The number of piperidine rings is 1. The fraction of sp³-hybridized carbons (Fsp3) is 0.900. The Kier molecular flexibility index (Phi) is 9.23. The summed E-state index contributed by atoms with van der Waals surface area (Å²) in [5, 5.41) is 7.00. The van der Waals surface area contributed by atoms with Gasteiger partial charge in [-0.2, -0.15) is 0 Å². The third-order valence-electron chi connectivity index (χ3n) is 5.64. The predicted octanol–water partition coefficient (Wildman–Crippen LogP) is 2.06. The molecule has 1 saturated heterocycles. The summed E-state index contributed by atoms with van der Waals surface area (Å²) in [7, 11) is 3.55. The van der Waals surface area contributed by atoms with E-state index in [0.29, 0.717) is 6.04 Å². The Labute approximate surface area is 159 Å². The molecule has 0 radical (unpaired) electrons. The van der Waals surface area contributed by atoms with Gasteiger partial charge >= 0.3 is 0 Å². The van der Waals surface area contributed by atoms with Crippen molar-refractivity contribution < 1.29 is 4.79 Å². The zero-order chi connectivity index (χ0) is 18.8. The molecule has 26 heavy (non-hydrogen) atoms. The topological polar surface area (TPSA) is 60.0 Å². The Morgan fingerprint density at radius 2 is 1.81 bits per heavy atom. The Morgan fingerprint density at radius 3 is 2.46 bits per heavy atom. The molecule has 6 heteroatoms. The van der Waals surface area contributed by atoms with E-state index in [1.54, 1.807) is 19.0 Å². The van der Waals surface area contributed by atoms with Crippen molar-refractivity contribution in [1.29, 1.82) is 0 Å². The second-order valence-corrected chi connectivity index (χ2v) is 8.24. The molecule has 1 amide bonds.